The monoisotopic (exact) mass is 512 g/mol. The Balaban J connectivity index is 2.00. The lowest BCUT2D eigenvalue weighted by Crippen LogP contribution is -2.54. The van der Waals surface area contributed by atoms with Crippen molar-refractivity contribution in [3.63, 3.8) is 0 Å². The largest absolute Gasteiger partial charge is 0.516 e. The van der Waals surface area contributed by atoms with E-state index in [0.717, 1.165) is 29.8 Å². The summed E-state index contributed by atoms with van der Waals surface area (Å²) in [4.78, 5) is 34.7. The van der Waals surface area contributed by atoms with Crippen molar-refractivity contribution in [1.82, 2.24) is 0 Å². The summed E-state index contributed by atoms with van der Waals surface area (Å²) in [6.45, 7) is 1.30. The number of nitro benzene ring substituents is 1. The molecule has 2 N–H and O–H groups in total. The zero-order chi connectivity index (χ0) is 25.4. The number of hydrogen-bond donors (Lipinski definition) is 1. The van der Waals surface area contributed by atoms with Gasteiger partial charge in [-0.2, -0.15) is 0 Å². The summed E-state index contributed by atoms with van der Waals surface area (Å²) in [5.74, 6) is -0.0442. The van der Waals surface area contributed by atoms with Gasteiger partial charge in [-0.1, -0.05) is 19.1 Å². The summed E-state index contributed by atoms with van der Waals surface area (Å²) in [5.41, 5.74) is 6.57. The fraction of sp³-hybridized carbons (Fsp3) is 0.333. The lowest BCUT2D eigenvalue weighted by atomic mass is 10.2. The fourth-order valence-corrected chi connectivity index (χ4v) is 4.60. The molecule has 13 heteroatoms. The number of benzene rings is 2. The van der Waals surface area contributed by atoms with Crippen LogP contribution in [-0.2, 0) is 25.1 Å². The predicted molar refractivity (Wildman–Crippen MR) is 125 cm³/mol. The number of ether oxygens (including phenoxy) is 3. The molecular weight excluding hydrogens is 488 g/mol. The highest BCUT2D eigenvalue weighted by molar-refractivity contribution is 7.99. The van der Waals surface area contributed by atoms with Crippen molar-refractivity contribution >= 4 is 39.2 Å². The average molecular weight is 513 g/mol. The summed E-state index contributed by atoms with van der Waals surface area (Å²) in [6, 6.07) is 11.7. The van der Waals surface area contributed by atoms with Crippen LogP contribution in [0.1, 0.15) is 18.9 Å². The second-order valence-electron chi connectivity index (χ2n) is 6.98. The van der Waals surface area contributed by atoms with E-state index in [9.17, 15) is 28.1 Å². The standard InChI is InChI=1S/C21H24N2O9S2/c1-3-34(28,29)21(22,32-20(25)31-19-10-6-16(7-11-19)23(26)27)12-17(24)14-33-13-15-4-8-18(30-2)9-5-15/h4-11H,3,12-14,22H2,1-2H3. The van der Waals surface area contributed by atoms with Crippen molar-refractivity contribution in [2.24, 2.45) is 5.73 Å². The maximum atomic E-state index is 12.5. The smallest absolute Gasteiger partial charge is 0.497 e. The summed E-state index contributed by atoms with van der Waals surface area (Å²) < 4.78 is 39.9. The Kier molecular flexibility index (Phi) is 9.41. The number of methoxy groups -OCH3 is 1. The normalized spacial score (nSPS) is 12.9. The van der Waals surface area contributed by atoms with E-state index in [1.54, 1.807) is 19.2 Å². The number of nitro groups is 1. The van der Waals surface area contributed by atoms with E-state index < -0.39 is 43.9 Å². The lowest BCUT2D eigenvalue weighted by Gasteiger charge is -2.27. The van der Waals surface area contributed by atoms with Crippen LogP contribution in [0.3, 0.4) is 0 Å². The first-order chi connectivity index (χ1) is 16.0. The third-order valence-electron chi connectivity index (χ3n) is 4.55. The number of sulfone groups is 1. The third-order valence-corrected chi connectivity index (χ3v) is 7.65. The van der Waals surface area contributed by atoms with Gasteiger partial charge in [0.25, 0.3) is 10.7 Å². The molecule has 0 aliphatic rings. The molecule has 0 aliphatic carbocycles. The molecule has 0 fully saturated rings. The quantitative estimate of drug-likeness (QED) is 0.146. The Morgan fingerprint density at radius 3 is 2.21 bits per heavy atom. The molecule has 0 amide bonds. The second kappa shape index (κ2) is 11.8. The SMILES string of the molecule is CCS(=O)(=O)C(N)(CC(=O)CSCc1ccc(OC)cc1)OC(=O)Oc1ccc([N+](=O)[O-])cc1. The topological polar surface area (TPSA) is 165 Å². The van der Waals surface area contributed by atoms with Gasteiger partial charge in [0.05, 0.1) is 30.0 Å². The molecule has 0 heterocycles. The minimum atomic E-state index is -4.22. The van der Waals surface area contributed by atoms with Gasteiger partial charge < -0.3 is 14.2 Å². The van der Waals surface area contributed by atoms with Crippen molar-refractivity contribution < 1.29 is 37.1 Å². The maximum Gasteiger partial charge on any atom is 0.516 e. The van der Waals surface area contributed by atoms with Gasteiger partial charge in [0.2, 0.25) is 9.84 Å². The van der Waals surface area contributed by atoms with Gasteiger partial charge in [-0.25, -0.2) is 13.2 Å². The number of Topliss-reactive ketones (excluding diaryl/α,β-unsaturated/α-hetero) is 1. The predicted octanol–water partition coefficient (Wildman–Crippen LogP) is 3.06. The zero-order valence-corrected chi connectivity index (χ0v) is 20.1. The summed E-state index contributed by atoms with van der Waals surface area (Å²) in [7, 11) is -2.67. The van der Waals surface area contributed by atoms with E-state index in [0.29, 0.717) is 11.5 Å². The van der Waals surface area contributed by atoms with Crippen molar-refractivity contribution in [2.45, 2.75) is 24.2 Å². The average Bonchev–Trinajstić information content (AvgIpc) is 2.79. The number of carbonyl (C=O) groups is 2. The van der Waals surface area contributed by atoms with E-state index in [-0.39, 0.29) is 17.2 Å². The van der Waals surface area contributed by atoms with Crippen molar-refractivity contribution in [3.8, 4) is 11.5 Å². The van der Waals surface area contributed by atoms with Gasteiger partial charge in [0, 0.05) is 17.9 Å². The number of rotatable bonds is 12. The Hall–Kier alpha value is -3.16. The Labute approximate surface area is 200 Å². The molecule has 0 bridgehead atoms. The van der Waals surface area contributed by atoms with Crippen LogP contribution in [-0.4, -0.2) is 49.0 Å². The van der Waals surface area contributed by atoms with E-state index in [1.807, 2.05) is 12.1 Å². The molecule has 1 atom stereocenters. The highest BCUT2D eigenvalue weighted by atomic mass is 32.2. The number of thioether (sulfide) groups is 1. The highest BCUT2D eigenvalue weighted by Gasteiger charge is 2.45. The first kappa shape index (κ1) is 27.1. The molecule has 2 rings (SSSR count). The Morgan fingerprint density at radius 1 is 1.09 bits per heavy atom. The molecule has 0 saturated heterocycles. The second-order valence-corrected chi connectivity index (χ2v) is 10.5. The molecule has 0 radical (unpaired) electrons. The van der Waals surface area contributed by atoms with Crippen LogP contribution in [0.4, 0.5) is 10.5 Å². The molecule has 0 saturated carbocycles. The Morgan fingerprint density at radius 2 is 1.68 bits per heavy atom. The van der Waals surface area contributed by atoms with Crippen LogP contribution in [0.25, 0.3) is 0 Å². The molecular formula is C21H24N2O9S2. The van der Waals surface area contributed by atoms with Crippen molar-refractivity contribution in [1.29, 1.82) is 0 Å². The minimum absolute atomic E-state index is 0.0645. The molecule has 0 aromatic heterocycles. The van der Waals surface area contributed by atoms with Gasteiger partial charge in [-0.3, -0.25) is 20.6 Å². The van der Waals surface area contributed by atoms with E-state index >= 15 is 0 Å². The van der Waals surface area contributed by atoms with Crippen LogP contribution in [0, 0.1) is 10.1 Å². The first-order valence-electron chi connectivity index (χ1n) is 9.88. The summed E-state index contributed by atoms with van der Waals surface area (Å²) in [6.07, 6.45) is -2.24. The van der Waals surface area contributed by atoms with Gasteiger partial charge in [-0.05, 0) is 29.8 Å². The highest BCUT2D eigenvalue weighted by Crippen LogP contribution is 2.24. The summed E-state index contributed by atoms with van der Waals surface area (Å²) in [5, 5.41) is 8.07. The zero-order valence-electron chi connectivity index (χ0n) is 18.5. The van der Waals surface area contributed by atoms with Crippen molar-refractivity contribution in [2.75, 3.05) is 18.6 Å². The number of carbonyl (C=O) groups excluding carboxylic acids is 2. The van der Waals surface area contributed by atoms with Crippen LogP contribution >= 0.6 is 11.8 Å². The van der Waals surface area contributed by atoms with Gasteiger partial charge in [0.15, 0.2) is 0 Å². The number of non-ortho nitro benzene ring substituents is 1. The molecule has 1 unspecified atom stereocenters. The van der Waals surface area contributed by atoms with Crippen molar-refractivity contribution in [3.05, 3.63) is 64.2 Å². The van der Waals surface area contributed by atoms with E-state index in [1.165, 1.54) is 18.7 Å². The fourth-order valence-electron chi connectivity index (χ4n) is 2.68. The molecule has 11 nitrogen and oxygen atoms in total. The third kappa shape index (κ3) is 7.43. The molecule has 2 aromatic carbocycles. The van der Waals surface area contributed by atoms with Gasteiger partial charge in [0.1, 0.15) is 17.3 Å². The maximum absolute atomic E-state index is 12.5. The number of nitrogens with zero attached hydrogens (tertiary/aromatic N) is 1. The lowest BCUT2D eigenvalue weighted by molar-refractivity contribution is -0.384. The number of ketones is 1. The Bertz CT molecular complexity index is 1120. The molecule has 0 aliphatic heterocycles. The molecule has 34 heavy (non-hydrogen) atoms. The van der Waals surface area contributed by atoms with E-state index in [4.69, 9.17) is 19.9 Å². The van der Waals surface area contributed by atoms with E-state index in [2.05, 4.69) is 0 Å². The minimum Gasteiger partial charge on any atom is -0.497 e. The molecule has 184 valence electrons. The molecule has 2 aromatic rings. The van der Waals surface area contributed by atoms with Crippen LogP contribution in [0.5, 0.6) is 11.5 Å². The van der Waals surface area contributed by atoms with Crippen LogP contribution in [0.2, 0.25) is 0 Å². The van der Waals surface area contributed by atoms with Crippen LogP contribution in [0.15, 0.2) is 48.5 Å². The summed E-state index contributed by atoms with van der Waals surface area (Å²) >= 11 is 1.24. The van der Waals surface area contributed by atoms with Gasteiger partial charge >= 0.3 is 6.16 Å². The van der Waals surface area contributed by atoms with Gasteiger partial charge in [-0.15, -0.1) is 11.8 Å². The first-order valence-corrected chi connectivity index (χ1v) is 12.7. The number of nitrogens with two attached hydrogens (primary N) is 1. The molecule has 0 spiro atoms. The van der Waals surface area contributed by atoms with Crippen LogP contribution < -0.4 is 15.2 Å². The number of hydrogen-bond acceptors (Lipinski definition) is 11.